The van der Waals surface area contributed by atoms with Crippen molar-refractivity contribution in [3.05, 3.63) is 0 Å². The first kappa shape index (κ1) is 7.52. The van der Waals surface area contributed by atoms with Crippen molar-refractivity contribution >= 4 is 0 Å². The molecule has 1 fully saturated rings. The van der Waals surface area contributed by atoms with Crippen LogP contribution in [0.1, 0.15) is 12.8 Å². The van der Waals surface area contributed by atoms with Crippen molar-refractivity contribution in [2.45, 2.75) is 18.9 Å². The predicted octanol–water partition coefficient (Wildman–Crippen LogP) is -0.0669. The van der Waals surface area contributed by atoms with E-state index in [2.05, 4.69) is 4.90 Å². The zero-order valence-corrected chi connectivity index (χ0v) is 6.08. The second-order valence-corrected chi connectivity index (χ2v) is 2.74. The Balaban J connectivity index is 2.19. The first-order chi connectivity index (χ1) is 4.83. The Labute approximate surface area is 61.4 Å². The third kappa shape index (κ3) is 1.98. The average molecular weight is 139 g/mol. The van der Waals surface area contributed by atoms with Crippen LogP contribution < -0.4 is 5.73 Å². The van der Waals surface area contributed by atoms with Crippen LogP contribution in [0.5, 0.6) is 0 Å². The Morgan fingerprint density at radius 3 is 2.60 bits per heavy atom. The third-order valence-electron chi connectivity index (χ3n) is 1.82. The van der Waals surface area contributed by atoms with Gasteiger partial charge in [0, 0.05) is 6.54 Å². The van der Waals surface area contributed by atoms with Gasteiger partial charge in [0.15, 0.2) is 0 Å². The fourth-order valence-electron chi connectivity index (χ4n) is 1.28. The van der Waals surface area contributed by atoms with Gasteiger partial charge < -0.3 is 10.6 Å². The van der Waals surface area contributed by atoms with Crippen LogP contribution in [-0.4, -0.2) is 30.6 Å². The molecule has 1 unspecified atom stereocenters. The van der Waals surface area contributed by atoms with Crippen LogP contribution in [0.15, 0.2) is 0 Å². The highest BCUT2D eigenvalue weighted by molar-refractivity contribution is 4.89. The third-order valence-corrected chi connectivity index (χ3v) is 1.82. The van der Waals surface area contributed by atoms with Gasteiger partial charge in [-0.05, 0) is 25.9 Å². The van der Waals surface area contributed by atoms with Crippen molar-refractivity contribution in [3.63, 3.8) is 0 Å². The lowest BCUT2D eigenvalue weighted by Crippen LogP contribution is -2.34. The topological polar surface area (TPSA) is 53.1 Å². The molecule has 1 aliphatic rings. The first-order valence-electron chi connectivity index (χ1n) is 3.70. The van der Waals surface area contributed by atoms with Crippen LogP contribution in [0.4, 0.5) is 0 Å². The molecular weight excluding hydrogens is 126 g/mol. The normalized spacial score (nSPS) is 22.4. The number of rotatable bonds is 2. The van der Waals surface area contributed by atoms with Gasteiger partial charge in [-0.15, -0.1) is 0 Å². The molecule has 0 spiro atoms. The lowest BCUT2D eigenvalue weighted by Gasteiger charge is -2.14. The Bertz CT molecular complexity index is 132. The van der Waals surface area contributed by atoms with Gasteiger partial charge in [0.25, 0.3) is 0 Å². The maximum atomic E-state index is 8.39. The van der Waals surface area contributed by atoms with Crippen molar-refractivity contribution in [1.82, 2.24) is 4.90 Å². The summed E-state index contributed by atoms with van der Waals surface area (Å²) in [4.78, 5) is 2.24. The van der Waals surface area contributed by atoms with Gasteiger partial charge in [-0.1, -0.05) is 0 Å². The van der Waals surface area contributed by atoms with Gasteiger partial charge in [-0.3, -0.25) is 0 Å². The van der Waals surface area contributed by atoms with Crippen molar-refractivity contribution < 1.29 is 0 Å². The van der Waals surface area contributed by atoms with E-state index in [1.165, 1.54) is 12.8 Å². The largest absolute Gasteiger partial charge is 0.315 e. The van der Waals surface area contributed by atoms with Crippen LogP contribution in [-0.2, 0) is 0 Å². The van der Waals surface area contributed by atoms with Gasteiger partial charge in [0.1, 0.15) is 6.04 Å². The molecule has 1 atom stereocenters. The molecule has 1 saturated heterocycles. The van der Waals surface area contributed by atoms with Crippen LogP contribution in [0, 0.1) is 11.3 Å². The summed E-state index contributed by atoms with van der Waals surface area (Å²) >= 11 is 0. The molecule has 0 saturated carbocycles. The molecule has 56 valence electrons. The van der Waals surface area contributed by atoms with E-state index in [9.17, 15) is 0 Å². The van der Waals surface area contributed by atoms with Crippen LogP contribution in [0.25, 0.3) is 0 Å². The zero-order valence-electron chi connectivity index (χ0n) is 6.08. The summed E-state index contributed by atoms with van der Waals surface area (Å²) in [6.45, 7) is 2.99. The van der Waals surface area contributed by atoms with E-state index in [-0.39, 0.29) is 6.04 Å². The molecule has 1 heterocycles. The molecule has 1 aliphatic heterocycles. The lowest BCUT2D eigenvalue weighted by atomic mass is 10.3. The maximum absolute atomic E-state index is 8.39. The molecule has 3 nitrogen and oxygen atoms in total. The monoisotopic (exact) mass is 139 g/mol. The Morgan fingerprint density at radius 2 is 2.10 bits per heavy atom. The second-order valence-electron chi connectivity index (χ2n) is 2.74. The number of hydrogen-bond donors (Lipinski definition) is 1. The molecule has 0 aromatic carbocycles. The van der Waals surface area contributed by atoms with Gasteiger partial charge in [-0.2, -0.15) is 5.26 Å². The SMILES string of the molecule is N#CC(N)CN1CCCC1. The van der Waals surface area contributed by atoms with Gasteiger partial charge >= 0.3 is 0 Å². The predicted molar refractivity (Wildman–Crippen MR) is 39.3 cm³/mol. The number of hydrogen-bond acceptors (Lipinski definition) is 3. The van der Waals surface area contributed by atoms with Crippen molar-refractivity contribution in [2.75, 3.05) is 19.6 Å². The van der Waals surface area contributed by atoms with Crippen molar-refractivity contribution in [2.24, 2.45) is 5.73 Å². The molecule has 0 amide bonds. The van der Waals surface area contributed by atoms with Gasteiger partial charge in [-0.25, -0.2) is 0 Å². The minimum Gasteiger partial charge on any atom is -0.315 e. The minimum atomic E-state index is -0.293. The van der Waals surface area contributed by atoms with Crippen LogP contribution >= 0.6 is 0 Å². The Morgan fingerprint density at radius 1 is 1.50 bits per heavy atom. The van der Waals surface area contributed by atoms with E-state index >= 15 is 0 Å². The number of nitrogens with zero attached hydrogens (tertiary/aromatic N) is 2. The summed E-state index contributed by atoms with van der Waals surface area (Å²) in [6, 6.07) is 1.73. The molecule has 0 aliphatic carbocycles. The van der Waals surface area contributed by atoms with Gasteiger partial charge in [0.2, 0.25) is 0 Å². The number of nitriles is 1. The molecule has 0 radical (unpaired) electrons. The van der Waals surface area contributed by atoms with Crippen LogP contribution in [0.2, 0.25) is 0 Å². The van der Waals surface area contributed by atoms with E-state index in [1.54, 1.807) is 0 Å². The molecule has 1 rings (SSSR count). The highest BCUT2D eigenvalue weighted by Crippen LogP contribution is 2.06. The quantitative estimate of drug-likeness (QED) is 0.582. The Kier molecular flexibility index (Phi) is 2.67. The van der Waals surface area contributed by atoms with Crippen molar-refractivity contribution in [3.8, 4) is 6.07 Å². The minimum absolute atomic E-state index is 0.293. The summed E-state index contributed by atoms with van der Waals surface area (Å²) in [6.07, 6.45) is 2.52. The van der Waals surface area contributed by atoms with E-state index in [4.69, 9.17) is 11.0 Å². The first-order valence-corrected chi connectivity index (χ1v) is 3.70. The van der Waals surface area contributed by atoms with E-state index in [1.807, 2.05) is 6.07 Å². The molecule has 0 bridgehead atoms. The van der Waals surface area contributed by atoms with E-state index in [0.29, 0.717) is 0 Å². The average Bonchev–Trinajstić information content (AvgIpc) is 2.40. The summed E-state index contributed by atoms with van der Waals surface area (Å²) in [5, 5.41) is 8.39. The van der Waals surface area contributed by atoms with E-state index < -0.39 is 0 Å². The number of likely N-dealkylation sites (tertiary alicyclic amines) is 1. The number of nitrogens with two attached hydrogens (primary N) is 1. The van der Waals surface area contributed by atoms with E-state index in [0.717, 1.165) is 19.6 Å². The smallest absolute Gasteiger partial charge is 0.106 e. The summed E-state index contributed by atoms with van der Waals surface area (Å²) in [7, 11) is 0. The molecule has 10 heavy (non-hydrogen) atoms. The standard InChI is InChI=1S/C7H13N3/c8-5-7(9)6-10-3-1-2-4-10/h7H,1-4,6,9H2. The maximum Gasteiger partial charge on any atom is 0.106 e. The summed E-state index contributed by atoms with van der Waals surface area (Å²) < 4.78 is 0. The molecule has 2 N–H and O–H groups in total. The molecular formula is C7H13N3. The fourth-order valence-corrected chi connectivity index (χ4v) is 1.28. The second kappa shape index (κ2) is 3.55. The molecule has 0 aromatic rings. The summed E-state index contributed by atoms with van der Waals surface area (Å²) in [5.41, 5.74) is 5.45. The highest BCUT2D eigenvalue weighted by Gasteiger charge is 2.13. The Hall–Kier alpha value is -0.590. The highest BCUT2D eigenvalue weighted by atomic mass is 15.1. The molecule has 3 heteroatoms. The zero-order chi connectivity index (χ0) is 7.40. The van der Waals surface area contributed by atoms with Gasteiger partial charge in [0.05, 0.1) is 6.07 Å². The van der Waals surface area contributed by atoms with Crippen molar-refractivity contribution in [1.29, 1.82) is 5.26 Å². The lowest BCUT2D eigenvalue weighted by molar-refractivity contribution is 0.332. The molecule has 0 aromatic heterocycles. The summed E-state index contributed by atoms with van der Waals surface area (Å²) in [5.74, 6) is 0. The van der Waals surface area contributed by atoms with Crippen LogP contribution in [0.3, 0.4) is 0 Å². The fraction of sp³-hybridized carbons (Fsp3) is 0.857.